The van der Waals surface area contributed by atoms with Crippen molar-refractivity contribution in [1.82, 2.24) is 14.9 Å². The minimum absolute atomic E-state index is 0.0388. The fourth-order valence-corrected chi connectivity index (χ4v) is 4.02. The smallest absolute Gasteiger partial charge is 0.238 e. The Hall–Kier alpha value is -2.37. The Labute approximate surface area is 146 Å². The first-order valence-electron chi connectivity index (χ1n) is 9.04. The highest BCUT2D eigenvalue weighted by atomic mass is 16.5. The molecule has 1 fully saturated rings. The van der Waals surface area contributed by atoms with Crippen molar-refractivity contribution in [3.63, 3.8) is 0 Å². The Morgan fingerprint density at radius 2 is 2.08 bits per heavy atom. The second-order valence-electron chi connectivity index (χ2n) is 6.97. The van der Waals surface area contributed by atoms with Crippen LogP contribution in [-0.2, 0) is 16.1 Å². The SMILES string of the molecule is COc1ccc2c(c1)nc1n2CCC(=O)C1C(=O)NC1CCCCC1. The number of fused-ring (bicyclic) bond motifs is 3. The van der Waals surface area contributed by atoms with Gasteiger partial charge in [-0.05, 0) is 25.0 Å². The van der Waals surface area contributed by atoms with Crippen LogP contribution in [0.1, 0.15) is 50.3 Å². The van der Waals surface area contributed by atoms with E-state index in [-0.39, 0.29) is 17.7 Å². The van der Waals surface area contributed by atoms with Gasteiger partial charge in [0.15, 0.2) is 11.7 Å². The molecule has 1 saturated carbocycles. The number of nitrogens with zero attached hydrogens (tertiary/aromatic N) is 2. The van der Waals surface area contributed by atoms with E-state index in [2.05, 4.69) is 10.3 Å². The number of ether oxygens (including phenoxy) is 1. The summed E-state index contributed by atoms with van der Waals surface area (Å²) in [5.74, 6) is 0.252. The van der Waals surface area contributed by atoms with Gasteiger partial charge in [-0.3, -0.25) is 9.59 Å². The summed E-state index contributed by atoms with van der Waals surface area (Å²) in [5, 5.41) is 3.09. The maximum Gasteiger partial charge on any atom is 0.238 e. The topological polar surface area (TPSA) is 73.2 Å². The number of aryl methyl sites for hydroxylation is 1. The number of rotatable bonds is 3. The number of hydrogen-bond acceptors (Lipinski definition) is 4. The summed E-state index contributed by atoms with van der Waals surface area (Å²) in [6.07, 6.45) is 5.88. The van der Waals surface area contributed by atoms with Gasteiger partial charge < -0.3 is 14.6 Å². The molecule has 1 unspecified atom stereocenters. The third kappa shape index (κ3) is 2.90. The minimum atomic E-state index is -0.797. The van der Waals surface area contributed by atoms with Crippen LogP contribution < -0.4 is 10.1 Å². The van der Waals surface area contributed by atoms with Gasteiger partial charge in [0.05, 0.1) is 18.1 Å². The summed E-state index contributed by atoms with van der Waals surface area (Å²) < 4.78 is 7.26. The second kappa shape index (κ2) is 6.50. The van der Waals surface area contributed by atoms with Crippen LogP contribution in [0, 0.1) is 0 Å². The second-order valence-corrected chi connectivity index (χ2v) is 6.97. The number of ketones is 1. The maximum absolute atomic E-state index is 12.8. The van der Waals surface area contributed by atoms with E-state index in [1.807, 2.05) is 22.8 Å². The molecule has 2 heterocycles. The van der Waals surface area contributed by atoms with Gasteiger partial charge in [-0.2, -0.15) is 0 Å². The van der Waals surface area contributed by atoms with E-state index in [4.69, 9.17) is 4.74 Å². The molecule has 1 amide bonds. The molecule has 132 valence electrons. The summed E-state index contributed by atoms with van der Waals surface area (Å²) in [6, 6.07) is 5.86. The first-order chi connectivity index (χ1) is 12.2. The van der Waals surface area contributed by atoms with E-state index in [9.17, 15) is 9.59 Å². The molecule has 1 N–H and O–H groups in total. The summed E-state index contributed by atoms with van der Waals surface area (Å²) >= 11 is 0. The predicted molar refractivity (Wildman–Crippen MR) is 93.7 cm³/mol. The Bertz CT molecular complexity index is 821. The zero-order chi connectivity index (χ0) is 17.4. The molecule has 6 nitrogen and oxygen atoms in total. The number of benzene rings is 1. The van der Waals surface area contributed by atoms with E-state index < -0.39 is 5.92 Å². The van der Waals surface area contributed by atoms with E-state index in [1.54, 1.807) is 7.11 Å². The van der Waals surface area contributed by atoms with Crippen molar-refractivity contribution in [3.8, 4) is 5.75 Å². The van der Waals surface area contributed by atoms with Crippen LogP contribution in [0.2, 0.25) is 0 Å². The van der Waals surface area contributed by atoms with E-state index >= 15 is 0 Å². The molecule has 1 aliphatic heterocycles. The van der Waals surface area contributed by atoms with Crippen molar-refractivity contribution in [3.05, 3.63) is 24.0 Å². The Balaban J connectivity index is 1.67. The molecule has 4 rings (SSSR count). The van der Waals surface area contributed by atoms with Crippen molar-refractivity contribution in [2.24, 2.45) is 0 Å². The van der Waals surface area contributed by atoms with Crippen molar-refractivity contribution in [2.75, 3.05) is 7.11 Å². The quantitative estimate of drug-likeness (QED) is 0.871. The summed E-state index contributed by atoms with van der Waals surface area (Å²) in [5.41, 5.74) is 1.71. The molecule has 0 radical (unpaired) electrons. The summed E-state index contributed by atoms with van der Waals surface area (Å²) in [7, 11) is 1.61. The lowest BCUT2D eigenvalue weighted by atomic mass is 9.92. The van der Waals surface area contributed by atoms with Gasteiger partial charge in [0, 0.05) is 25.1 Å². The molecular weight excluding hydrogens is 318 g/mol. The molecule has 1 atom stereocenters. The molecule has 0 bridgehead atoms. The van der Waals surface area contributed by atoms with Crippen LogP contribution in [0.4, 0.5) is 0 Å². The predicted octanol–water partition coefficient (Wildman–Crippen LogP) is 2.55. The van der Waals surface area contributed by atoms with Gasteiger partial charge in [-0.25, -0.2) is 4.98 Å². The highest BCUT2D eigenvalue weighted by Crippen LogP contribution is 2.31. The zero-order valence-corrected chi connectivity index (χ0v) is 14.5. The van der Waals surface area contributed by atoms with Gasteiger partial charge in [-0.1, -0.05) is 19.3 Å². The van der Waals surface area contributed by atoms with Crippen LogP contribution in [-0.4, -0.2) is 34.4 Å². The Morgan fingerprint density at radius 3 is 2.84 bits per heavy atom. The molecule has 2 aliphatic rings. The third-order valence-corrected chi connectivity index (χ3v) is 5.36. The summed E-state index contributed by atoms with van der Waals surface area (Å²) in [4.78, 5) is 29.9. The lowest BCUT2D eigenvalue weighted by Crippen LogP contribution is -2.43. The normalized spacial score (nSPS) is 21.2. The molecular formula is C19H23N3O3. The first kappa shape index (κ1) is 16.1. The van der Waals surface area contributed by atoms with Crippen molar-refractivity contribution in [2.45, 2.75) is 57.0 Å². The highest BCUT2D eigenvalue weighted by molar-refractivity contribution is 6.07. The standard InChI is InChI=1S/C19H23N3O3/c1-25-13-7-8-15-14(11-13)21-18-17(16(23)9-10-22(15)18)19(24)20-12-5-3-2-4-6-12/h7-8,11-12,17H,2-6,9-10H2,1H3,(H,20,24). The van der Waals surface area contributed by atoms with Gasteiger partial charge in [-0.15, -0.1) is 0 Å². The van der Waals surface area contributed by atoms with E-state index in [1.165, 1.54) is 6.42 Å². The number of methoxy groups -OCH3 is 1. The molecule has 0 spiro atoms. The Kier molecular flexibility index (Phi) is 4.19. The van der Waals surface area contributed by atoms with Gasteiger partial charge in [0.2, 0.25) is 5.91 Å². The number of carbonyl (C=O) groups excluding carboxylic acids is 2. The molecule has 0 saturated heterocycles. The fraction of sp³-hybridized carbons (Fsp3) is 0.526. The number of Topliss-reactive ketones (excluding diaryl/α,β-unsaturated/α-hetero) is 1. The average molecular weight is 341 g/mol. The van der Waals surface area contributed by atoms with Crippen LogP contribution in [0.5, 0.6) is 5.75 Å². The van der Waals surface area contributed by atoms with Crippen molar-refractivity contribution in [1.29, 1.82) is 0 Å². The summed E-state index contributed by atoms with van der Waals surface area (Å²) in [6.45, 7) is 0.574. The number of carbonyl (C=O) groups is 2. The first-order valence-corrected chi connectivity index (χ1v) is 9.04. The van der Waals surface area contributed by atoms with Crippen LogP contribution in [0.15, 0.2) is 18.2 Å². The number of aromatic nitrogens is 2. The molecule has 2 aromatic rings. The lowest BCUT2D eigenvalue weighted by Gasteiger charge is -2.27. The maximum atomic E-state index is 12.8. The largest absolute Gasteiger partial charge is 0.497 e. The monoisotopic (exact) mass is 341 g/mol. The van der Waals surface area contributed by atoms with Gasteiger partial charge in [0.1, 0.15) is 11.6 Å². The number of hydrogen-bond donors (Lipinski definition) is 1. The molecule has 1 aromatic carbocycles. The molecule has 1 aromatic heterocycles. The number of nitrogens with one attached hydrogen (secondary N) is 1. The van der Waals surface area contributed by atoms with Gasteiger partial charge >= 0.3 is 0 Å². The fourth-order valence-electron chi connectivity index (χ4n) is 4.02. The molecule has 1 aliphatic carbocycles. The number of amides is 1. The third-order valence-electron chi connectivity index (χ3n) is 5.36. The van der Waals surface area contributed by atoms with Crippen molar-refractivity contribution < 1.29 is 14.3 Å². The van der Waals surface area contributed by atoms with E-state index in [0.717, 1.165) is 42.5 Å². The molecule has 25 heavy (non-hydrogen) atoms. The zero-order valence-electron chi connectivity index (χ0n) is 14.5. The van der Waals surface area contributed by atoms with Crippen LogP contribution in [0.25, 0.3) is 11.0 Å². The Morgan fingerprint density at radius 1 is 1.28 bits per heavy atom. The molecule has 6 heteroatoms. The number of imidazole rings is 1. The average Bonchev–Trinajstić information content (AvgIpc) is 2.99. The lowest BCUT2D eigenvalue weighted by molar-refractivity contribution is -0.132. The minimum Gasteiger partial charge on any atom is -0.497 e. The van der Waals surface area contributed by atoms with Crippen LogP contribution >= 0.6 is 0 Å². The van der Waals surface area contributed by atoms with Gasteiger partial charge in [0.25, 0.3) is 0 Å². The van der Waals surface area contributed by atoms with Crippen LogP contribution in [0.3, 0.4) is 0 Å². The van der Waals surface area contributed by atoms with E-state index in [0.29, 0.717) is 18.8 Å². The van der Waals surface area contributed by atoms with Crippen molar-refractivity contribution >= 4 is 22.7 Å². The highest BCUT2D eigenvalue weighted by Gasteiger charge is 2.37.